The normalized spacial score (nSPS) is 15.3. The number of nitrogens with zero attached hydrogens (tertiary/aromatic N) is 1. The molecule has 0 fully saturated rings. The number of benzene rings is 1. The van der Waals surface area contributed by atoms with Gasteiger partial charge in [0.05, 0.1) is 0 Å². The summed E-state index contributed by atoms with van der Waals surface area (Å²) in [6.45, 7) is 0. The second-order valence-corrected chi connectivity index (χ2v) is 3.30. The summed E-state index contributed by atoms with van der Waals surface area (Å²) in [5, 5.41) is 8.93. The molecular formula is C13H9NO. The van der Waals surface area contributed by atoms with Crippen LogP contribution in [0.2, 0.25) is 0 Å². The molecule has 15 heavy (non-hydrogen) atoms. The van der Waals surface area contributed by atoms with Crippen LogP contribution in [0.1, 0.15) is 12.0 Å². The molecule has 0 amide bonds. The zero-order valence-electron chi connectivity index (χ0n) is 8.10. The van der Waals surface area contributed by atoms with Crippen molar-refractivity contribution in [3.63, 3.8) is 0 Å². The molecule has 1 aromatic carbocycles. The van der Waals surface area contributed by atoms with E-state index in [1.807, 2.05) is 42.5 Å². The number of Topliss-reactive ketones (excluding diaryl/α,β-unsaturated/α-hetero) is 1. The quantitative estimate of drug-likeness (QED) is 0.690. The fourth-order valence-corrected chi connectivity index (χ4v) is 1.60. The van der Waals surface area contributed by atoms with Gasteiger partial charge in [0.25, 0.3) is 0 Å². The number of nitriles is 1. The lowest BCUT2D eigenvalue weighted by molar-refractivity contribution is -0.114. The topological polar surface area (TPSA) is 40.9 Å². The first-order valence-corrected chi connectivity index (χ1v) is 4.72. The molecule has 2 rings (SSSR count). The minimum Gasteiger partial charge on any atom is -0.293 e. The highest BCUT2D eigenvalue weighted by atomic mass is 16.1. The molecule has 2 nitrogen and oxygen atoms in total. The van der Waals surface area contributed by atoms with Crippen LogP contribution in [0.3, 0.4) is 0 Å². The minimum absolute atomic E-state index is 0.0983. The average Bonchev–Trinajstić information content (AvgIpc) is 2.30. The molecule has 2 heteroatoms. The van der Waals surface area contributed by atoms with E-state index in [9.17, 15) is 4.79 Å². The van der Waals surface area contributed by atoms with Gasteiger partial charge in [0.15, 0.2) is 5.78 Å². The van der Waals surface area contributed by atoms with Crippen molar-refractivity contribution >= 4 is 11.4 Å². The standard InChI is InChI=1S/C13H9NO/c14-9-12-11(7-4-8-13(12)15)10-5-2-1-3-6-10/h1-7H,8H2. The molecule has 0 heterocycles. The van der Waals surface area contributed by atoms with E-state index in [0.717, 1.165) is 11.1 Å². The van der Waals surface area contributed by atoms with Crippen LogP contribution in [0.5, 0.6) is 0 Å². The van der Waals surface area contributed by atoms with Crippen LogP contribution in [-0.2, 0) is 4.79 Å². The predicted molar refractivity (Wildman–Crippen MR) is 57.7 cm³/mol. The van der Waals surface area contributed by atoms with Crippen molar-refractivity contribution in [3.8, 4) is 6.07 Å². The van der Waals surface area contributed by atoms with Crippen molar-refractivity contribution in [2.75, 3.05) is 0 Å². The lowest BCUT2D eigenvalue weighted by atomic mass is 9.92. The zero-order chi connectivity index (χ0) is 10.7. The monoisotopic (exact) mass is 195 g/mol. The molecule has 1 aliphatic rings. The van der Waals surface area contributed by atoms with E-state index in [1.165, 1.54) is 0 Å². The highest BCUT2D eigenvalue weighted by Gasteiger charge is 2.17. The van der Waals surface area contributed by atoms with Crippen LogP contribution in [0.15, 0.2) is 48.1 Å². The molecule has 0 N–H and O–H groups in total. The third-order valence-electron chi connectivity index (χ3n) is 2.33. The molecule has 72 valence electrons. The Bertz CT molecular complexity index is 489. The van der Waals surface area contributed by atoms with Crippen molar-refractivity contribution in [1.29, 1.82) is 5.26 Å². The second-order valence-electron chi connectivity index (χ2n) is 3.30. The van der Waals surface area contributed by atoms with E-state index >= 15 is 0 Å². The highest BCUT2D eigenvalue weighted by Crippen LogP contribution is 2.24. The molecule has 0 bridgehead atoms. The SMILES string of the molecule is N#CC1=C(c2ccccc2)C=CCC1=O. The van der Waals surface area contributed by atoms with E-state index in [4.69, 9.17) is 5.26 Å². The van der Waals surface area contributed by atoms with Gasteiger partial charge in [-0.2, -0.15) is 5.26 Å². The Morgan fingerprint density at radius 2 is 1.93 bits per heavy atom. The van der Waals surface area contributed by atoms with Crippen LogP contribution in [-0.4, -0.2) is 5.78 Å². The number of hydrogen-bond acceptors (Lipinski definition) is 2. The summed E-state index contributed by atoms with van der Waals surface area (Å²) in [5.74, 6) is -0.0983. The van der Waals surface area contributed by atoms with Gasteiger partial charge in [0.1, 0.15) is 11.6 Å². The van der Waals surface area contributed by atoms with Crippen LogP contribution < -0.4 is 0 Å². The fourth-order valence-electron chi connectivity index (χ4n) is 1.60. The first kappa shape index (κ1) is 9.42. The van der Waals surface area contributed by atoms with Gasteiger partial charge in [-0.1, -0.05) is 42.5 Å². The van der Waals surface area contributed by atoms with E-state index < -0.39 is 0 Å². The van der Waals surface area contributed by atoms with Gasteiger partial charge >= 0.3 is 0 Å². The van der Waals surface area contributed by atoms with Gasteiger partial charge < -0.3 is 0 Å². The summed E-state index contributed by atoms with van der Waals surface area (Å²) in [4.78, 5) is 11.5. The Kier molecular flexibility index (Phi) is 2.47. The molecule has 1 aromatic rings. The summed E-state index contributed by atoms with van der Waals surface area (Å²) in [7, 11) is 0. The highest BCUT2D eigenvalue weighted by molar-refractivity contribution is 6.10. The van der Waals surface area contributed by atoms with E-state index in [1.54, 1.807) is 6.08 Å². The van der Waals surface area contributed by atoms with Gasteiger partial charge in [-0.3, -0.25) is 4.79 Å². The Balaban J connectivity index is 2.57. The number of carbonyl (C=O) groups is 1. The zero-order valence-corrected chi connectivity index (χ0v) is 8.10. The van der Waals surface area contributed by atoms with Crippen molar-refractivity contribution in [1.82, 2.24) is 0 Å². The average molecular weight is 195 g/mol. The van der Waals surface area contributed by atoms with Gasteiger partial charge in [0.2, 0.25) is 0 Å². The van der Waals surface area contributed by atoms with E-state index in [0.29, 0.717) is 6.42 Å². The summed E-state index contributed by atoms with van der Waals surface area (Å²) < 4.78 is 0. The van der Waals surface area contributed by atoms with Gasteiger partial charge in [-0.15, -0.1) is 0 Å². The first-order chi connectivity index (χ1) is 7.33. The summed E-state index contributed by atoms with van der Waals surface area (Å²) in [6, 6.07) is 11.5. The third-order valence-corrected chi connectivity index (χ3v) is 2.33. The molecule has 0 radical (unpaired) electrons. The Morgan fingerprint density at radius 3 is 2.60 bits per heavy atom. The Morgan fingerprint density at radius 1 is 1.20 bits per heavy atom. The predicted octanol–water partition coefficient (Wildman–Crippen LogP) is 2.49. The maximum Gasteiger partial charge on any atom is 0.177 e. The lowest BCUT2D eigenvalue weighted by Gasteiger charge is -2.09. The van der Waals surface area contributed by atoms with Crippen LogP contribution >= 0.6 is 0 Å². The molecule has 1 aliphatic carbocycles. The van der Waals surface area contributed by atoms with Crippen molar-refractivity contribution < 1.29 is 4.79 Å². The second kappa shape index (κ2) is 3.93. The smallest absolute Gasteiger partial charge is 0.177 e. The Labute approximate surface area is 88.2 Å². The largest absolute Gasteiger partial charge is 0.293 e. The van der Waals surface area contributed by atoms with E-state index in [2.05, 4.69) is 0 Å². The van der Waals surface area contributed by atoms with Crippen molar-refractivity contribution in [2.24, 2.45) is 0 Å². The first-order valence-electron chi connectivity index (χ1n) is 4.72. The summed E-state index contributed by atoms with van der Waals surface area (Å²) in [5.41, 5.74) is 1.91. The van der Waals surface area contributed by atoms with Gasteiger partial charge in [-0.05, 0) is 5.56 Å². The Hall–Kier alpha value is -2.14. The number of hydrogen-bond donors (Lipinski definition) is 0. The van der Waals surface area contributed by atoms with Gasteiger partial charge in [0, 0.05) is 12.0 Å². The van der Waals surface area contributed by atoms with Crippen LogP contribution in [0.25, 0.3) is 5.57 Å². The molecule has 0 aliphatic heterocycles. The molecule has 0 atom stereocenters. The lowest BCUT2D eigenvalue weighted by Crippen LogP contribution is -2.05. The molecular weight excluding hydrogens is 186 g/mol. The molecule has 0 aromatic heterocycles. The van der Waals surface area contributed by atoms with Crippen LogP contribution in [0, 0.1) is 11.3 Å². The summed E-state index contributed by atoms with van der Waals surface area (Å²) in [6.07, 6.45) is 3.97. The maximum atomic E-state index is 11.5. The maximum absolute atomic E-state index is 11.5. The molecule has 0 saturated carbocycles. The fraction of sp³-hybridized carbons (Fsp3) is 0.0769. The summed E-state index contributed by atoms with van der Waals surface area (Å²) >= 11 is 0. The minimum atomic E-state index is -0.0983. The number of carbonyl (C=O) groups excluding carboxylic acids is 1. The molecule has 0 spiro atoms. The molecule has 0 unspecified atom stereocenters. The third kappa shape index (κ3) is 1.72. The number of rotatable bonds is 1. The van der Waals surface area contributed by atoms with E-state index in [-0.39, 0.29) is 11.4 Å². The van der Waals surface area contributed by atoms with Gasteiger partial charge in [-0.25, -0.2) is 0 Å². The number of allylic oxidation sites excluding steroid dienone is 4. The number of ketones is 1. The van der Waals surface area contributed by atoms with Crippen molar-refractivity contribution in [2.45, 2.75) is 6.42 Å². The van der Waals surface area contributed by atoms with Crippen LogP contribution in [0.4, 0.5) is 0 Å². The van der Waals surface area contributed by atoms with Crippen molar-refractivity contribution in [3.05, 3.63) is 53.6 Å². The molecule has 0 saturated heterocycles.